The van der Waals surface area contributed by atoms with Crippen molar-refractivity contribution in [3.8, 4) is 0 Å². The summed E-state index contributed by atoms with van der Waals surface area (Å²) >= 11 is 0. The minimum atomic E-state index is -3.22. The molecule has 0 radical (unpaired) electrons. The molecule has 0 atom stereocenters. The standard InChI is InChI=1S/C15H25N3O2S/c1-17-10-12-18(13-11-17)9-5-8-16-21(19,20)14-15-6-3-2-4-7-15/h2-4,6-7,16H,5,8-14H2,1H3. The van der Waals surface area contributed by atoms with Crippen LogP contribution < -0.4 is 4.72 Å². The molecule has 1 heterocycles. The molecule has 2 rings (SSSR count). The number of benzene rings is 1. The first-order valence-electron chi connectivity index (χ1n) is 7.47. The second kappa shape index (κ2) is 7.89. The Balaban J connectivity index is 1.65. The van der Waals surface area contributed by atoms with Gasteiger partial charge in [0.2, 0.25) is 10.0 Å². The smallest absolute Gasteiger partial charge is 0.215 e. The lowest BCUT2D eigenvalue weighted by Gasteiger charge is -2.32. The van der Waals surface area contributed by atoms with Crippen molar-refractivity contribution in [3.63, 3.8) is 0 Å². The number of piperazine rings is 1. The Morgan fingerprint density at radius 1 is 1.10 bits per heavy atom. The minimum absolute atomic E-state index is 0.0579. The van der Waals surface area contributed by atoms with Crippen LogP contribution in [0.15, 0.2) is 30.3 Å². The third-order valence-corrected chi connectivity index (χ3v) is 5.13. The Morgan fingerprint density at radius 2 is 1.76 bits per heavy atom. The zero-order valence-electron chi connectivity index (χ0n) is 12.7. The Labute approximate surface area is 128 Å². The third-order valence-electron chi connectivity index (χ3n) is 3.77. The van der Waals surface area contributed by atoms with Crippen LogP contribution in [0.25, 0.3) is 0 Å². The molecule has 118 valence electrons. The maximum Gasteiger partial charge on any atom is 0.215 e. The van der Waals surface area contributed by atoms with Crippen LogP contribution in [0.4, 0.5) is 0 Å². The average Bonchev–Trinajstić information content (AvgIpc) is 2.46. The lowest BCUT2D eigenvalue weighted by Crippen LogP contribution is -2.45. The van der Waals surface area contributed by atoms with E-state index in [9.17, 15) is 8.42 Å². The van der Waals surface area contributed by atoms with Crippen molar-refractivity contribution in [1.29, 1.82) is 0 Å². The number of nitrogens with zero attached hydrogens (tertiary/aromatic N) is 2. The number of hydrogen-bond acceptors (Lipinski definition) is 4. The van der Waals surface area contributed by atoms with Crippen LogP contribution in [0.1, 0.15) is 12.0 Å². The first-order chi connectivity index (χ1) is 10.1. The number of rotatable bonds is 7. The van der Waals surface area contributed by atoms with E-state index in [0.717, 1.165) is 44.7 Å². The summed E-state index contributed by atoms with van der Waals surface area (Å²) in [5, 5.41) is 0. The van der Waals surface area contributed by atoms with Gasteiger partial charge < -0.3 is 9.80 Å². The SMILES string of the molecule is CN1CCN(CCCNS(=O)(=O)Cc2ccccc2)CC1. The quantitative estimate of drug-likeness (QED) is 0.755. The molecule has 6 heteroatoms. The van der Waals surface area contributed by atoms with Crippen LogP contribution in [0.5, 0.6) is 0 Å². The lowest BCUT2D eigenvalue weighted by molar-refractivity contribution is 0.153. The monoisotopic (exact) mass is 311 g/mol. The average molecular weight is 311 g/mol. The molecule has 1 saturated heterocycles. The third kappa shape index (κ3) is 6.13. The van der Waals surface area contributed by atoms with E-state index in [1.807, 2.05) is 30.3 Å². The van der Waals surface area contributed by atoms with Gasteiger partial charge in [-0.15, -0.1) is 0 Å². The molecule has 1 aromatic rings. The van der Waals surface area contributed by atoms with Crippen molar-refractivity contribution < 1.29 is 8.42 Å². The summed E-state index contributed by atoms with van der Waals surface area (Å²) in [7, 11) is -1.09. The van der Waals surface area contributed by atoms with Crippen molar-refractivity contribution >= 4 is 10.0 Å². The van der Waals surface area contributed by atoms with E-state index >= 15 is 0 Å². The number of hydrogen-bond donors (Lipinski definition) is 1. The van der Waals surface area contributed by atoms with Crippen molar-refractivity contribution in [2.75, 3.05) is 46.3 Å². The molecule has 0 aromatic heterocycles. The molecular weight excluding hydrogens is 286 g/mol. The number of sulfonamides is 1. The van der Waals surface area contributed by atoms with E-state index in [1.165, 1.54) is 0 Å². The van der Waals surface area contributed by atoms with Crippen LogP contribution in [0, 0.1) is 0 Å². The van der Waals surface area contributed by atoms with E-state index in [0.29, 0.717) is 6.54 Å². The maximum atomic E-state index is 12.0. The van der Waals surface area contributed by atoms with Gasteiger partial charge in [0.15, 0.2) is 0 Å². The molecule has 0 bridgehead atoms. The van der Waals surface area contributed by atoms with Crippen molar-refractivity contribution in [2.45, 2.75) is 12.2 Å². The van der Waals surface area contributed by atoms with E-state index in [2.05, 4.69) is 21.6 Å². The predicted molar refractivity (Wildman–Crippen MR) is 85.6 cm³/mol. The summed E-state index contributed by atoms with van der Waals surface area (Å²) in [5.41, 5.74) is 0.823. The van der Waals surface area contributed by atoms with Gasteiger partial charge in [0.25, 0.3) is 0 Å². The molecule has 1 aliphatic heterocycles. The fourth-order valence-corrected chi connectivity index (χ4v) is 3.64. The van der Waals surface area contributed by atoms with Gasteiger partial charge in [-0.3, -0.25) is 0 Å². The summed E-state index contributed by atoms with van der Waals surface area (Å²) in [5.74, 6) is 0.0579. The fraction of sp³-hybridized carbons (Fsp3) is 0.600. The molecule has 5 nitrogen and oxygen atoms in total. The van der Waals surface area contributed by atoms with Gasteiger partial charge >= 0.3 is 0 Å². The Hall–Kier alpha value is -0.950. The van der Waals surface area contributed by atoms with Crippen LogP contribution in [0.3, 0.4) is 0 Å². The van der Waals surface area contributed by atoms with Gasteiger partial charge in [0.1, 0.15) is 0 Å². The highest BCUT2D eigenvalue weighted by Crippen LogP contribution is 2.04. The summed E-state index contributed by atoms with van der Waals surface area (Å²) in [6.45, 7) is 5.82. The second-order valence-corrected chi connectivity index (χ2v) is 7.44. The van der Waals surface area contributed by atoms with Crippen LogP contribution in [-0.2, 0) is 15.8 Å². The van der Waals surface area contributed by atoms with E-state index in [-0.39, 0.29) is 5.75 Å². The molecule has 21 heavy (non-hydrogen) atoms. The fourth-order valence-electron chi connectivity index (χ4n) is 2.45. The van der Waals surface area contributed by atoms with Crippen LogP contribution >= 0.6 is 0 Å². The summed E-state index contributed by atoms with van der Waals surface area (Å²) in [6, 6.07) is 9.28. The Morgan fingerprint density at radius 3 is 2.43 bits per heavy atom. The largest absolute Gasteiger partial charge is 0.304 e. The van der Waals surface area contributed by atoms with E-state index in [4.69, 9.17) is 0 Å². The van der Waals surface area contributed by atoms with Crippen molar-refractivity contribution in [1.82, 2.24) is 14.5 Å². The van der Waals surface area contributed by atoms with Gasteiger partial charge in [-0.1, -0.05) is 30.3 Å². The van der Waals surface area contributed by atoms with Crippen LogP contribution in [-0.4, -0.2) is 64.5 Å². The highest BCUT2D eigenvalue weighted by Gasteiger charge is 2.14. The van der Waals surface area contributed by atoms with Crippen LogP contribution in [0.2, 0.25) is 0 Å². The van der Waals surface area contributed by atoms with Gasteiger partial charge in [-0.2, -0.15) is 0 Å². The number of nitrogens with one attached hydrogen (secondary N) is 1. The zero-order chi connectivity index (χ0) is 15.1. The summed E-state index contributed by atoms with van der Waals surface area (Å²) in [4.78, 5) is 4.71. The van der Waals surface area contributed by atoms with E-state index in [1.54, 1.807) is 0 Å². The molecule has 0 unspecified atom stereocenters. The lowest BCUT2D eigenvalue weighted by atomic mass is 10.2. The molecule has 1 N–H and O–H groups in total. The molecule has 1 aromatic carbocycles. The topological polar surface area (TPSA) is 52.6 Å². The van der Waals surface area contributed by atoms with Crippen molar-refractivity contribution in [2.24, 2.45) is 0 Å². The molecule has 1 fully saturated rings. The van der Waals surface area contributed by atoms with Crippen molar-refractivity contribution in [3.05, 3.63) is 35.9 Å². The Bertz CT molecular complexity index is 511. The zero-order valence-corrected chi connectivity index (χ0v) is 13.5. The first kappa shape index (κ1) is 16.4. The van der Waals surface area contributed by atoms with Gasteiger partial charge in [-0.25, -0.2) is 13.1 Å². The summed E-state index contributed by atoms with van der Waals surface area (Å²) in [6.07, 6.45) is 0.859. The second-order valence-electron chi connectivity index (χ2n) is 5.64. The summed E-state index contributed by atoms with van der Waals surface area (Å²) < 4.78 is 26.6. The molecular formula is C15H25N3O2S. The highest BCUT2D eigenvalue weighted by molar-refractivity contribution is 7.88. The van der Waals surface area contributed by atoms with Gasteiger partial charge in [0.05, 0.1) is 5.75 Å². The predicted octanol–water partition coefficient (Wildman–Crippen LogP) is 0.744. The van der Waals surface area contributed by atoms with Gasteiger partial charge in [-0.05, 0) is 25.6 Å². The van der Waals surface area contributed by atoms with E-state index < -0.39 is 10.0 Å². The molecule has 0 saturated carbocycles. The highest BCUT2D eigenvalue weighted by atomic mass is 32.2. The first-order valence-corrected chi connectivity index (χ1v) is 9.12. The molecule has 0 aliphatic carbocycles. The maximum absolute atomic E-state index is 12.0. The minimum Gasteiger partial charge on any atom is -0.304 e. The molecule has 0 spiro atoms. The van der Waals surface area contributed by atoms with Gasteiger partial charge in [0, 0.05) is 32.7 Å². The molecule has 1 aliphatic rings. The number of likely N-dealkylation sites (N-methyl/N-ethyl adjacent to an activating group) is 1. The molecule has 0 amide bonds. The normalized spacial score (nSPS) is 18.0. The Kier molecular flexibility index (Phi) is 6.17.